The van der Waals surface area contributed by atoms with Gasteiger partial charge in [0, 0.05) is 12.1 Å². The molecule has 2 aromatic rings. The summed E-state index contributed by atoms with van der Waals surface area (Å²) >= 11 is 0. The molecule has 0 spiro atoms. The zero-order valence-electron chi connectivity index (χ0n) is 14.0. The van der Waals surface area contributed by atoms with Crippen LogP contribution in [0.2, 0.25) is 0 Å². The number of sulfonamides is 2. The van der Waals surface area contributed by atoms with E-state index in [1.54, 1.807) is 31.2 Å². The van der Waals surface area contributed by atoms with Gasteiger partial charge in [0.25, 0.3) is 0 Å². The van der Waals surface area contributed by atoms with E-state index in [4.69, 9.17) is 10.3 Å². The van der Waals surface area contributed by atoms with E-state index >= 15 is 0 Å². The summed E-state index contributed by atoms with van der Waals surface area (Å²) in [5.74, 6) is -0.315. The normalized spacial score (nSPS) is 12.0. The van der Waals surface area contributed by atoms with Crippen molar-refractivity contribution < 1.29 is 21.6 Å². The van der Waals surface area contributed by atoms with Crippen LogP contribution >= 0.6 is 0 Å². The molecule has 2 aromatic carbocycles. The molecule has 0 saturated carbocycles. The third kappa shape index (κ3) is 5.36. The second-order valence-electron chi connectivity index (χ2n) is 5.76. The number of anilines is 1. The first kappa shape index (κ1) is 20.0. The summed E-state index contributed by atoms with van der Waals surface area (Å²) in [6.07, 6.45) is 0.512. The van der Waals surface area contributed by atoms with Crippen LogP contribution in [0.5, 0.6) is 0 Å². The van der Waals surface area contributed by atoms with E-state index in [0.717, 1.165) is 5.56 Å². The summed E-state index contributed by atoms with van der Waals surface area (Å²) in [6, 6.07) is 10.4. The van der Waals surface area contributed by atoms with Gasteiger partial charge in [-0.3, -0.25) is 4.79 Å². The largest absolute Gasteiger partial charge is 0.326 e. The number of aryl methyl sites for hydroxylation is 2. The fraction of sp³-hybridized carbons (Fsp3) is 0.188. The van der Waals surface area contributed by atoms with Crippen molar-refractivity contribution in [2.75, 3.05) is 5.32 Å². The number of hydrogen-bond donors (Lipinski definition) is 3. The van der Waals surface area contributed by atoms with Crippen LogP contribution in [0.15, 0.2) is 52.3 Å². The lowest BCUT2D eigenvalue weighted by molar-refractivity contribution is -0.116. The Morgan fingerprint density at radius 2 is 1.58 bits per heavy atom. The standard InChI is InChI=1S/C16H19N3O5S2/c1-11-2-6-13(10-15(11)26(18,23)24)19-16(20)9-5-12-3-7-14(8-4-12)25(17,21)22/h2-4,6-8,10H,5,9H2,1H3,(H,19,20)(H2,17,21,22)(H2,18,23,24). The van der Waals surface area contributed by atoms with Gasteiger partial charge in [0.05, 0.1) is 9.79 Å². The number of amides is 1. The van der Waals surface area contributed by atoms with E-state index in [9.17, 15) is 21.6 Å². The van der Waals surface area contributed by atoms with Crippen molar-refractivity contribution in [3.8, 4) is 0 Å². The molecule has 0 saturated heterocycles. The van der Waals surface area contributed by atoms with Crippen molar-refractivity contribution in [1.29, 1.82) is 0 Å². The van der Waals surface area contributed by atoms with E-state index in [1.807, 2.05) is 0 Å². The molecule has 0 fully saturated rings. The third-order valence-corrected chi connectivity index (χ3v) is 5.65. The first-order valence-electron chi connectivity index (χ1n) is 7.52. The molecular formula is C16H19N3O5S2. The number of nitrogens with one attached hydrogen (secondary N) is 1. The second-order valence-corrected chi connectivity index (χ2v) is 8.85. The van der Waals surface area contributed by atoms with E-state index in [1.165, 1.54) is 18.2 Å². The maximum absolute atomic E-state index is 12.1. The molecule has 0 heterocycles. The van der Waals surface area contributed by atoms with Gasteiger partial charge in [0.1, 0.15) is 0 Å². The molecule has 0 aromatic heterocycles. The minimum atomic E-state index is -3.87. The van der Waals surface area contributed by atoms with Crippen LogP contribution in [0.1, 0.15) is 17.5 Å². The highest BCUT2D eigenvalue weighted by molar-refractivity contribution is 7.89. The molecule has 1 amide bonds. The molecule has 0 unspecified atom stereocenters. The molecule has 5 N–H and O–H groups in total. The molecule has 8 nitrogen and oxygen atoms in total. The van der Waals surface area contributed by atoms with Gasteiger partial charge in [-0.2, -0.15) is 0 Å². The lowest BCUT2D eigenvalue weighted by Gasteiger charge is -2.09. The number of carbonyl (C=O) groups excluding carboxylic acids is 1. The van der Waals surface area contributed by atoms with Crippen molar-refractivity contribution in [3.63, 3.8) is 0 Å². The third-order valence-electron chi connectivity index (χ3n) is 3.67. The highest BCUT2D eigenvalue weighted by Crippen LogP contribution is 2.19. The van der Waals surface area contributed by atoms with Crippen LogP contribution in [0, 0.1) is 6.92 Å². The Morgan fingerprint density at radius 1 is 0.962 bits per heavy atom. The number of rotatable bonds is 6. The zero-order valence-corrected chi connectivity index (χ0v) is 15.6. The van der Waals surface area contributed by atoms with Gasteiger partial charge in [0.15, 0.2) is 0 Å². The summed E-state index contributed by atoms with van der Waals surface area (Å²) in [5.41, 5.74) is 1.58. The lowest BCUT2D eigenvalue weighted by atomic mass is 10.1. The molecule has 0 aliphatic heterocycles. The monoisotopic (exact) mass is 397 g/mol. The summed E-state index contributed by atoms with van der Waals surface area (Å²) in [6.45, 7) is 1.61. The minimum absolute atomic E-state index is 0.000815. The van der Waals surface area contributed by atoms with Gasteiger partial charge in [-0.1, -0.05) is 18.2 Å². The molecular weight excluding hydrogens is 378 g/mol. The van der Waals surface area contributed by atoms with Crippen LogP contribution in [0.25, 0.3) is 0 Å². The predicted molar refractivity (Wildman–Crippen MR) is 97.3 cm³/mol. The molecule has 0 atom stereocenters. The Hall–Kier alpha value is -2.27. The van der Waals surface area contributed by atoms with Crippen molar-refractivity contribution in [2.45, 2.75) is 29.6 Å². The Labute approximate surface area is 152 Å². The van der Waals surface area contributed by atoms with Gasteiger partial charge in [-0.05, 0) is 48.7 Å². The van der Waals surface area contributed by atoms with E-state index in [-0.39, 0.29) is 22.1 Å². The predicted octanol–water partition coefficient (Wildman–Crippen LogP) is 0.861. The fourth-order valence-electron chi connectivity index (χ4n) is 2.31. The van der Waals surface area contributed by atoms with Crippen molar-refractivity contribution in [1.82, 2.24) is 0 Å². The molecule has 0 aliphatic rings. The average molecular weight is 397 g/mol. The maximum Gasteiger partial charge on any atom is 0.238 e. The van der Waals surface area contributed by atoms with Gasteiger partial charge in [-0.15, -0.1) is 0 Å². The van der Waals surface area contributed by atoms with Gasteiger partial charge in [-0.25, -0.2) is 27.1 Å². The van der Waals surface area contributed by atoms with E-state index in [2.05, 4.69) is 5.32 Å². The van der Waals surface area contributed by atoms with E-state index < -0.39 is 20.0 Å². The molecule has 140 valence electrons. The Balaban J connectivity index is 2.01. The highest BCUT2D eigenvalue weighted by Gasteiger charge is 2.13. The van der Waals surface area contributed by atoms with Crippen molar-refractivity contribution in [2.24, 2.45) is 10.3 Å². The fourth-order valence-corrected chi connectivity index (χ4v) is 3.64. The first-order chi connectivity index (χ1) is 12.0. The minimum Gasteiger partial charge on any atom is -0.326 e. The first-order valence-corrected chi connectivity index (χ1v) is 10.6. The summed E-state index contributed by atoms with van der Waals surface area (Å²) in [5, 5.41) is 12.8. The van der Waals surface area contributed by atoms with Crippen molar-refractivity contribution in [3.05, 3.63) is 53.6 Å². The smallest absolute Gasteiger partial charge is 0.238 e. The van der Waals surface area contributed by atoms with E-state index in [0.29, 0.717) is 17.7 Å². The molecule has 0 bridgehead atoms. The number of carbonyl (C=O) groups is 1. The van der Waals surface area contributed by atoms with Crippen LogP contribution in [0.4, 0.5) is 5.69 Å². The molecule has 0 aliphatic carbocycles. The number of nitrogens with two attached hydrogens (primary N) is 2. The Kier molecular flexibility index (Phi) is 5.81. The average Bonchev–Trinajstić information content (AvgIpc) is 2.53. The molecule has 10 heteroatoms. The number of benzene rings is 2. The Morgan fingerprint density at radius 3 is 2.12 bits per heavy atom. The second kappa shape index (κ2) is 7.54. The van der Waals surface area contributed by atoms with Gasteiger partial charge >= 0.3 is 0 Å². The topological polar surface area (TPSA) is 149 Å². The van der Waals surface area contributed by atoms with Crippen LogP contribution < -0.4 is 15.6 Å². The van der Waals surface area contributed by atoms with Crippen LogP contribution in [-0.2, 0) is 31.3 Å². The summed E-state index contributed by atoms with van der Waals surface area (Å²) in [7, 11) is -7.62. The highest BCUT2D eigenvalue weighted by atomic mass is 32.2. The molecule has 2 rings (SSSR count). The van der Waals surface area contributed by atoms with Gasteiger partial charge in [0.2, 0.25) is 26.0 Å². The van der Waals surface area contributed by atoms with Gasteiger partial charge < -0.3 is 5.32 Å². The SMILES string of the molecule is Cc1ccc(NC(=O)CCc2ccc(S(N)(=O)=O)cc2)cc1S(N)(=O)=O. The zero-order chi connectivity index (χ0) is 19.5. The lowest BCUT2D eigenvalue weighted by Crippen LogP contribution is -2.16. The van der Waals surface area contributed by atoms with Crippen LogP contribution in [-0.4, -0.2) is 22.7 Å². The number of hydrogen-bond acceptors (Lipinski definition) is 5. The summed E-state index contributed by atoms with van der Waals surface area (Å²) < 4.78 is 45.4. The number of primary sulfonamides is 2. The Bertz CT molecular complexity index is 1030. The van der Waals surface area contributed by atoms with Crippen molar-refractivity contribution >= 4 is 31.6 Å². The quantitative estimate of drug-likeness (QED) is 0.661. The molecule has 0 radical (unpaired) electrons. The van der Waals surface area contributed by atoms with Crippen LogP contribution in [0.3, 0.4) is 0 Å². The summed E-state index contributed by atoms with van der Waals surface area (Å²) in [4.78, 5) is 12.0. The molecule has 26 heavy (non-hydrogen) atoms. The maximum atomic E-state index is 12.1.